The molecule has 1 atom stereocenters. The SMILES string of the molecule is Cc1ccc([C@@H](O)c2cncc(Br)c2)cc1. The maximum atomic E-state index is 10.1. The van der Waals surface area contributed by atoms with Crippen molar-refractivity contribution in [1.29, 1.82) is 0 Å². The Kier molecular flexibility index (Phi) is 3.36. The number of benzene rings is 1. The van der Waals surface area contributed by atoms with Crippen molar-refractivity contribution in [1.82, 2.24) is 4.98 Å². The van der Waals surface area contributed by atoms with E-state index >= 15 is 0 Å². The Labute approximate surface area is 103 Å². The third kappa shape index (κ3) is 2.49. The van der Waals surface area contributed by atoms with Gasteiger partial charge in [-0.25, -0.2) is 0 Å². The van der Waals surface area contributed by atoms with Crippen LogP contribution in [0.2, 0.25) is 0 Å². The maximum absolute atomic E-state index is 10.1. The molecule has 1 N–H and O–H groups in total. The van der Waals surface area contributed by atoms with E-state index in [1.54, 1.807) is 12.4 Å². The smallest absolute Gasteiger partial charge is 0.106 e. The van der Waals surface area contributed by atoms with Crippen molar-refractivity contribution in [3.63, 3.8) is 0 Å². The predicted octanol–water partition coefficient (Wildman–Crippen LogP) is 3.23. The summed E-state index contributed by atoms with van der Waals surface area (Å²) in [5.74, 6) is 0. The molecule has 2 aromatic rings. The summed E-state index contributed by atoms with van der Waals surface area (Å²) >= 11 is 3.34. The zero-order valence-electron chi connectivity index (χ0n) is 8.89. The lowest BCUT2D eigenvalue weighted by molar-refractivity contribution is 0.220. The average Bonchev–Trinajstić information content (AvgIpc) is 2.29. The van der Waals surface area contributed by atoms with Crippen LogP contribution in [0.3, 0.4) is 0 Å². The molecule has 0 amide bonds. The van der Waals surface area contributed by atoms with Crippen LogP contribution in [0.5, 0.6) is 0 Å². The van der Waals surface area contributed by atoms with Gasteiger partial charge < -0.3 is 5.11 Å². The fraction of sp³-hybridized carbons (Fsp3) is 0.154. The molecule has 2 nitrogen and oxygen atoms in total. The van der Waals surface area contributed by atoms with Gasteiger partial charge in [-0.2, -0.15) is 0 Å². The molecule has 0 fully saturated rings. The van der Waals surface area contributed by atoms with E-state index in [-0.39, 0.29) is 0 Å². The van der Waals surface area contributed by atoms with E-state index in [2.05, 4.69) is 20.9 Å². The van der Waals surface area contributed by atoms with Gasteiger partial charge in [-0.05, 0) is 34.5 Å². The van der Waals surface area contributed by atoms with Crippen LogP contribution in [-0.4, -0.2) is 10.1 Å². The van der Waals surface area contributed by atoms with Gasteiger partial charge in [0, 0.05) is 22.4 Å². The minimum absolute atomic E-state index is 0.620. The lowest BCUT2D eigenvalue weighted by Gasteiger charge is -2.11. The maximum Gasteiger partial charge on any atom is 0.106 e. The molecule has 0 radical (unpaired) electrons. The molecule has 0 aliphatic rings. The van der Waals surface area contributed by atoms with Gasteiger partial charge in [0.25, 0.3) is 0 Å². The highest BCUT2D eigenvalue weighted by Gasteiger charge is 2.10. The van der Waals surface area contributed by atoms with Crippen molar-refractivity contribution in [2.75, 3.05) is 0 Å². The molecule has 16 heavy (non-hydrogen) atoms. The number of nitrogens with zero attached hydrogens (tertiary/aromatic N) is 1. The molecule has 3 heteroatoms. The van der Waals surface area contributed by atoms with Gasteiger partial charge in [-0.15, -0.1) is 0 Å². The first-order chi connectivity index (χ1) is 7.66. The Morgan fingerprint density at radius 3 is 2.44 bits per heavy atom. The number of aliphatic hydroxyl groups excluding tert-OH is 1. The summed E-state index contributed by atoms with van der Waals surface area (Å²) in [5, 5.41) is 10.1. The number of rotatable bonds is 2. The summed E-state index contributed by atoms with van der Waals surface area (Å²) in [7, 11) is 0. The zero-order chi connectivity index (χ0) is 11.5. The van der Waals surface area contributed by atoms with Crippen molar-refractivity contribution in [2.45, 2.75) is 13.0 Å². The number of hydrogen-bond acceptors (Lipinski definition) is 2. The number of pyridine rings is 1. The summed E-state index contributed by atoms with van der Waals surface area (Å²) in [4.78, 5) is 4.04. The highest BCUT2D eigenvalue weighted by molar-refractivity contribution is 9.10. The highest BCUT2D eigenvalue weighted by atomic mass is 79.9. The van der Waals surface area contributed by atoms with Gasteiger partial charge in [0.2, 0.25) is 0 Å². The Morgan fingerprint density at radius 2 is 1.81 bits per heavy atom. The third-order valence-corrected chi connectivity index (χ3v) is 2.87. The second-order valence-electron chi connectivity index (χ2n) is 3.75. The molecule has 1 heterocycles. The van der Waals surface area contributed by atoms with Crippen molar-refractivity contribution < 1.29 is 5.11 Å². The van der Waals surface area contributed by atoms with Gasteiger partial charge in [-0.1, -0.05) is 29.8 Å². The third-order valence-electron chi connectivity index (χ3n) is 2.43. The first-order valence-corrected chi connectivity index (χ1v) is 5.81. The fourth-order valence-corrected chi connectivity index (χ4v) is 1.90. The van der Waals surface area contributed by atoms with Crippen LogP contribution in [0.15, 0.2) is 47.2 Å². The van der Waals surface area contributed by atoms with E-state index in [4.69, 9.17) is 0 Å². The van der Waals surface area contributed by atoms with Crippen LogP contribution < -0.4 is 0 Å². The molecule has 82 valence electrons. The predicted molar refractivity (Wildman–Crippen MR) is 67.2 cm³/mol. The molecule has 0 bridgehead atoms. The minimum atomic E-state index is -0.620. The molecular weight excluding hydrogens is 266 g/mol. The van der Waals surface area contributed by atoms with Crippen molar-refractivity contribution in [3.05, 3.63) is 63.9 Å². The summed E-state index contributed by atoms with van der Waals surface area (Å²) in [5.41, 5.74) is 2.85. The summed E-state index contributed by atoms with van der Waals surface area (Å²) in [6, 6.07) is 9.72. The van der Waals surface area contributed by atoms with Gasteiger partial charge in [0.1, 0.15) is 6.10 Å². The van der Waals surface area contributed by atoms with Gasteiger partial charge in [-0.3, -0.25) is 4.98 Å². The first-order valence-electron chi connectivity index (χ1n) is 5.02. The van der Waals surface area contributed by atoms with Crippen LogP contribution in [-0.2, 0) is 0 Å². The number of aryl methyl sites for hydroxylation is 1. The minimum Gasteiger partial charge on any atom is -0.384 e. The van der Waals surface area contributed by atoms with E-state index in [0.29, 0.717) is 0 Å². The average molecular weight is 278 g/mol. The summed E-state index contributed by atoms with van der Waals surface area (Å²) in [6.07, 6.45) is 2.76. The molecule has 2 rings (SSSR count). The number of aliphatic hydroxyl groups is 1. The van der Waals surface area contributed by atoms with Crippen LogP contribution in [0, 0.1) is 6.92 Å². The van der Waals surface area contributed by atoms with Crippen molar-refractivity contribution in [2.24, 2.45) is 0 Å². The molecular formula is C13H12BrNO. The van der Waals surface area contributed by atoms with Crippen LogP contribution in [0.4, 0.5) is 0 Å². The highest BCUT2D eigenvalue weighted by Crippen LogP contribution is 2.23. The Balaban J connectivity index is 2.31. The van der Waals surface area contributed by atoms with Crippen LogP contribution in [0.1, 0.15) is 22.8 Å². The Bertz CT molecular complexity index is 482. The molecule has 0 spiro atoms. The summed E-state index contributed by atoms with van der Waals surface area (Å²) < 4.78 is 0.871. The topological polar surface area (TPSA) is 33.1 Å². The fourth-order valence-electron chi connectivity index (χ4n) is 1.52. The zero-order valence-corrected chi connectivity index (χ0v) is 10.5. The second-order valence-corrected chi connectivity index (χ2v) is 4.67. The second kappa shape index (κ2) is 4.76. The lowest BCUT2D eigenvalue weighted by Crippen LogP contribution is -2.00. The van der Waals surface area contributed by atoms with Crippen LogP contribution in [0.25, 0.3) is 0 Å². The van der Waals surface area contributed by atoms with E-state index in [1.807, 2.05) is 37.3 Å². The molecule has 0 saturated heterocycles. The van der Waals surface area contributed by atoms with E-state index < -0.39 is 6.10 Å². The van der Waals surface area contributed by atoms with Gasteiger partial charge in [0.05, 0.1) is 0 Å². The monoisotopic (exact) mass is 277 g/mol. The molecule has 0 aliphatic carbocycles. The van der Waals surface area contributed by atoms with Crippen molar-refractivity contribution >= 4 is 15.9 Å². The normalized spacial score (nSPS) is 12.4. The number of hydrogen-bond donors (Lipinski definition) is 1. The largest absolute Gasteiger partial charge is 0.384 e. The molecule has 1 aromatic heterocycles. The van der Waals surface area contributed by atoms with Gasteiger partial charge >= 0.3 is 0 Å². The molecule has 0 unspecified atom stereocenters. The number of halogens is 1. The quantitative estimate of drug-likeness (QED) is 0.914. The van der Waals surface area contributed by atoms with E-state index in [0.717, 1.165) is 15.6 Å². The molecule has 0 aliphatic heterocycles. The Hall–Kier alpha value is -1.19. The van der Waals surface area contributed by atoms with Crippen molar-refractivity contribution in [3.8, 4) is 0 Å². The number of aromatic nitrogens is 1. The van der Waals surface area contributed by atoms with E-state index in [9.17, 15) is 5.11 Å². The molecule has 1 aromatic carbocycles. The van der Waals surface area contributed by atoms with Crippen LogP contribution >= 0.6 is 15.9 Å². The first kappa shape index (κ1) is 11.3. The molecule has 0 saturated carbocycles. The standard InChI is InChI=1S/C13H12BrNO/c1-9-2-4-10(5-3-9)13(16)11-6-12(14)8-15-7-11/h2-8,13,16H,1H3/t13-/m1/s1. The van der Waals surface area contributed by atoms with E-state index in [1.165, 1.54) is 5.56 Å². The van der Waals surface area contributed by atoms with Gasteiger partial charge in [0.15, 0.2) is 0 Å². The lowest BCUT2D eigenvalue weighted by atomic mass is 10.0. The Morgan fingerprint density at radius 1 is 1.12 bits per heavy atom. The summed E-state index contributed by atoms with van der Waals surface area (Å²) in [6.45, 7) is 2.02.